The number of methoxy groups -OCH3 is 1. The van der Waals surface area contributed by atoms with Gasteiger partial charge >= 0.3 is 0 Å². The van der Waals surface area contributed by atoms with Crippen LogP contribution in [0, 0.1) is 13.8 Å². The number of rotatable bonds is 6. The van der Waals surface area contributed by atoms with Gasteiger partial charge in [-0.25, -0.2) is 0 Å². The Kier molecular flexibility index (Phi) is 6.37. The van der Waals surface area contributed by atoms with Crippen molar-refractivity contribution >= 4 is 40.6 Å². The van der Waals surface area contributed by atoms with E-state index in [9.17, 15) is 14.4 Å². The normalized spacial score (nSPS) is 14.8. The Labute approximate surface area is 196 Å². The molecule has 2 heterocycles. The average molecular weight is 462 g/mol. The highest BCUT2D eigenvalue weighted by molar-refractivity contribution is 8.18. The molecule has 1 aromatic heterocycles. The molecule has 1 saturated heterocycles. The lowest BCUT2D eigenvalue weighted by Crippen LogP contribution is -2.36. The third kappa shape index (κ3) is 4.85. The van der Waals surface area contributed by atoms with E-state index >= 15 is 0 Å². The predicted octanol–water partition coefficient (Wildman–Crippen LogP) is 4.78. The van der Waals surface area contributed by atoms with Crippen LogP contribution in [0.3, 0.4) is 0 Å². The molecule has 1 aliphatic rings. The minimum absolute atomic E-state index is 0.279. The van der Waals surface area contributed by atoms with E-state index in [0.29, 0.717) is 11.4 Å². The van der Waals surface area contributed by atoms with E-state index < -0.39 is 17.1 Å². The molecule has 0 saturated carbocycles. The summed E-state index contributed by atoms with van der Waals surface area (Å²) in [6.45, 7) is 3.74. The second-order valence-corrected chi connectivity index (χ2v) is 8.61. The maximum Gasteiger partial charge on any atom is 0.294 e. The van der Waals surface area contributed by atoms with Crippen LogP contribution >= 0.6 is 11.8 Å². The van der Waals surface area contributed by atoms with E-state index in [2.05, 4.69) is 18.3 Å². The number of amides is 3. The topological polar surface area (TPSA) is 80.6 Å². The Hall–Kier alpha value is -3.78. The minimum atomic E-state index is -0.484. The lowest BCUT2D eigenvalue weighted by molar-refractivity contribution is -0.127. The molecule has 1 aliphatic heterocycles. The molecule has 3 amide bonds. The van der Waals surface area contributed by atoms with Crippen LogP contribution in [0.4, 0.5) is 10.5 Å². The van der Waals surface area contributed by atoms with Gasteiger partial charge in [0.25, 0.3) is 11.1 Å². The number of nitrogens with zero attached hydrogens (tertiary/aromatic N) is 2. The molecule has 8 heteroatoms. The van der Waals surface area contributed by atoms with Crippen LogP contribution in [0.1, 0.15) is 16.8 Å². The summed E-state index contributed by atoms with van der Waals surface area (Å²) in [5, 5.41) is 2.22. The second kappa shape index (κ2) is 9.38. The Balaban J connectivity index is 1.48. The third-order valence-electron chi connectivity index (χ3n) is 5.38. The molecule has 0 spiro atoms. The molecular weight excluding hydrogens is 438 g/mol. The number of hydrogen-bond donors (Lipinski definition) is 1. The first-order valence-corrected chi connectivity index (χ1v) is 11.1. The average Bonchev–Trinajstić information content (AvgIpc) is 3.36. The van der Waals surface area contributed by atoms with E-state index in [4.69, 9.17) is 4.74 Å². The van der Waals surface area contributed by atoms with Crippen molar-refractivity contribution in [1.82, 2.24) is 9.47 Å². The molecule has 1 N–H and O–H groups in total. The van der Waals surface area contributed by atoms with Crippen LogP contribution in [0.25, 0.3) is 11.8 Å². The number of benzene rings is 2. The van der Waals surface area contributed by atoms with Crippen LogP contribution in [-0.4, -0.2) is 40.2 Å². The van der Waals surface area contributed by atoms with Crippen LogP contribution in [0.15, 0.2) is 65.7 Å². The number of aryl methyl sites for hydroxylation is 2. The van der Waals surface area contributed by atoms with Gasteiger partial charge in [-0.1, -0.05) is 6.07 Å². The van der Waals surface area contributed by atoms with Gasteiger partial charge in [0, 0.05) is 23.3 Å². The molecule has 0 radical (unpaired) electrons. The first kappa shape index (κ1) is 22.4. The Morgan fingerprint density at radius 2 is 1.82 bits per heavy atom. The van der Waals surface area contributed by atoms with Crippen molar-refractivity contribution in [3.8, 4) is 11.4 Å². The van der Waals surface area contributed by atoms with Gasteiger partial charge in [0.05, 0.1) is 12.0 Å². The monoisotopic (exact) mass is 461 g/mol. The zero-order valence-electron chi connectivity index (χ0n) is 18.5. The van der Waals surface area contributed by atoms with Crippen molar-refractivity contribution in [1.29, 1.82) is 0 Å². The molecule has 0 aliphatic carbocycles. The summed E-state index contributed by atoms with van der Waals surface area (Å²) in [4.78, 5) is 39.0. The highest BCUT2D eigenvalue weighted by atomic mass is 32.2. The van der Waals surface area contributed by atoms with Gasteiger partial charge in [-0.15, -0.1) is 0 Å². The summed E-state index contributed by atoms with van der Waals surface area (Å²) in [5.41, 5.74) is 4.64. The minimum Gasteiger partial charge on any atom is -0.497 e. The van der Waals surface area contributed by atoms with Crippen molar-refractivity contribution in [2.75, 3.05) is 19.0 Å². The fourth-order valence-corrected chi connectivity index (χ4v) is 4.23. The second-order valence-electron chi connectivity index (χ2n) is 7.62. The molecule has 0 unspecified atom stereocenters. The van der Waals surface area contributed by atoms with Crippen molar-refractivity contribution in [3.63, 3.8) is 0 Å². The van der Waals surface area contributed by atoms with Crippen LogP contribution < -0.4 is 10.1 Å². The zero-order chi connectivity index (χ0) is 23.5. The van der Waals surface area contributed by atoms with Gasteiger partial charge in [-0.3, -0.25) is 19.3 Å². The highest BCUT2D eigenvalue weighted by Crippen LogP contribution is 2.32. The van der Waals surface area contributed by atoms with Crippen molar-refractivity contribution in [2.45, 2.75) is 13.8 Å². The largest absolute Gasteiger partial charge is 0.497 e. The summed E-state index contributed by atoms with van der Waals surface area (Å²) in [6.07, 6.45) is 3.59. The molecule has 2 aromatic carbocycles. The molecule has 4 rings (SSSR count). The first-order valence-electron chi connectivity index (χ1n) is 10.3. The smallest absolute Gasteiger partial charge is 0.294 e. The molecule has 0 bridgehead atoms. The quantitative estimate of drug-likeness (QED) is 0.535. The third-order valence-corrected chi connectivity index (χ3v) is 6.28. The summed E-state index contributed by atoms with van der Waals surface area (Å²) in [6, 6.07) is 16.7. The number of aromatic nitrogens is 1. The first-order chi connectivity index (χ1) is 15.9. The van der Waals surface area contributed by atoms with Crippen molar-refractivity contribution in [3.05, 3.63) is 82.5 Å². The lowest BCUT2D eigenvalue weighted by Gasteiger charge is -2.13. The maximum absolute atomic E-state index is 12.9. The van der Waals surface area contributed by atoms with Crippen molar-refractivity contribution in [2.24, 2.45) is 0 Å². The SMILES string of the molecule is COc1ccc(NC(=O)CN2C(=O)SC(=Cc3cccn3-c3ccc(C)c(C)c3)C2=O)cc1. The van der Waals surface area contributed by atoms with Gasteiger partial charge < -0.3 is 14.6 Å². The molecule has 3 aromatic rings. The van der Waals surface area contributed by atoms with Crippen LogP contribution in [0.2, 0.25) is 0 Å². The molecule has 7 nitrogen and oxygen atoms in total. The number of carbonyl (C=O) groups is 3. The fourth-order valence-electron chi connectivity index (χ4n) is 3.41. The summed E-state index contributed by atoms with van der Waals surface area (Å²) in [5.74, 6) is -0.278. The Bertz CT molecular complexity index is 1260. The molecule has 33 heavy (non-hydrogen) atoms. The Morgan fingerprint density at radius 1 is 1.06 bits per heavy atom. The van der Waals surface area contributed by atoms with E-state index in [1.807, 2.05) is 42.0 Å². The zero-order valence-corrected chi connectivity index (χ0v) is 19.3. The number of anilines is 1. The van der Waals surface area contributed by atoms with Gasteiger partial charge in [-0.2, -0.15) is 0 Å². The Morgan fingerprint density at radius 3 is 2.52 bits per heavy atom. The van der Waals surface area contributed by atoms with E-state index in [1.54, 1.807) is 37.5 Å². The van der Waals surface area contributed by atoms with Crippen molar-refractivity contribution < 1.29 is 19.1 Å². The molecular formula is C25H23N3O4S. The summed E-state index contributed by atoms with van der Waals surface area (Å²) in [7, 11) is 1.56. The van der Waals surface area contributed by atoms with E-state index in [1.165, 1.54) is 5.56 Å². The summed E-state index contributed by atoms with van der Waals surface area (Å²) >= 11 is 0.831. The number of hydrogen-bond acceptors (Lipinski definition) is 5. The van der Waals surface area contributed by atoms with Gasteiger partial charge in [-0.05, 0) is 91.3 Å². The number of thioether (sulfide) groups is 1. The summed E-state index contributed by atoms with van der Waals surface area (Å²) < 4.78 is 7.05. The standard InChI is InChI=1S/C25H23N3O4S/c1-16-6-9-20(13-17(16)2)27-12-4-5-19(27)14-22-24(30)28(25(31)33-22)15-23(29)26-18-7-10-21(32-3)11-8-18/h4-14H,15H2,1-3H3,(H,26,29). The van der Waals surface area contributed by atoms with Crippen LogP contribution in [0.5, 0.6) is 5.75 Å². The number of imide groups is 1. The van der Waals surface area contributed by atoms with Gasteiger partial charge in [0.15, 0.2) is 0 Å². The van der Waals surface area contributed by atoms with E-state index in [0.717, 1.165) is 33.6 Å². The lowest BCUT2D eigenvalue weighted by atomic mass is 10.1. The van der Waals surface area contributed by atoms with Crippen LogP contribution in [-0.2, 0) is 9.59 Å². The van der Waals surface area contributed by atoms with Gasteiger partial charge in [0.2, 0.25) is 5.91 Å². The predicted molar refractivity (Wildman–Crippen MR) is 130 cm³/mol. The number of ether oxygens (including phenoxy) is 1. The highest BCUT2D eigenvalue weighted by Gasteiger charge is 2.36. The van der Waals surface area contributed by atoms with Gasteiger partial charge in [0.1, 0.15) is 12.3 Å². The molecule has 1 fully saturated rings. The molecule has 0 atom stereocenters. The van der Waals surface area contributed by atoms with E-state index in [-0.39, 0.29) is 11.4 Å². The maximum atomic E-state index is 12.9. The number of nitrogens with one attached hydrogen (secondary N) is 1. The molecule has 168 valence electrons. The fraction of sp³-hybridized carbons (Fsp3) is 0.160. The number of carbonyl (C=O) groups excluding carboxylic acids is 3.